The lowest BCUT2D eigenvalue weighted by molar-refractivity contribution is -0.138. The normalized spacial score (nSPS) is 31.3. The Labute approximate surface area is 157 Å². The lowest BCUT2D eigenvalue weighted by atomic mass is 9.77. The second-order valence-electron chi connectivity index (χ2n) is 7.88. The Kier molecular flexibility index (Phi) is 3.46. The minimum Gasteiger partial charge on any atom is -0.360 e. The monoisotopic (exact) mass is 366 g/mol. The van der Waals surface area contributed by atoms with Gasteiger partial charge in [0.2, 0.25) is 11.8 Å². The van der Waals surface area contributed by atoms with Crippen LogP contribution in [-0.2, 0) is 20.9 Å². The van der Waals surface area contributed by atoms with Crippen molar-refractivity contribution in [1.29, 1.82) is 0 Å². The number of carbonyl (C=O) groups excluding carboxylic acids is 2. The number of carbonyl (C=O) groups is 2. The van der Waals surface area contributed by atoms with E-state index in [-0.39, 0.29) is 24.0 Å². The second-order valence-corrected chi connectivity index (χ2v) is 7.88. The number of hydrogen-bond acceptors (Lipinski definition) is 4. The summed E-state index contributed by atoms with van der Waals surface area (Å²) in [6, 6.07) is 5.87. The molecule has 2 fully saturated rings. The topological polar surface area (TPSA) is 75.9 Å². The molecule has 5 heterocycles. The summed E-state index contributed by atoms with van der Waals surface area (Å²) in [5.74, 6) is -1.05. The van der Waals surface area contributed by atoms with Crippen molar-refractivity contribution in [2.24, 2.45) is 11.8 Å². The third-order valence-electron chi connectivity index (χ3n) is 5.91. The van der Waals surface area contributed by atoms with Crippen molar-refractivity contribution in [3.05, 3.63) is 48.4 Å². The number of amides is 2. The van der Waals surface area contributed by atoms with Crippen LogP contribution in [-0.4, -0.2) is 50.4 Å². The first-order valence-electron chi connectivity index (χ1n) is 9.36. The van der Waals surface area contributed by atoms with Crippen molar-refractivity contribution in [3.8, 4) is 0 Å². The predicted molar refractivity (Wildman–Crippen MR) is 97.6 cm³/mol. The Balaban J connectivity index is 1.34. The number of hydrogen-bond donors (Lipinski definition) is 1. The van der Waals surface area contributed by atoms with Crippen molar-refractivity contribution in [2.75, 3.05) is 6.54 Å². The number of nitrogens with one attached hydrogen (secondary N) is 1. The van der Waals surface area contributed by atoms with Crippen LogP contribution < -0.4 is 5.32 Å². The summed E-state index contributed by atoms with van der Waals surface area (Å²) in [5, 5.41) is 2.96. The molecule has 0 aromatic carbocycles. The molecule has 7 heteroatoms. The van der Waals surface area contributed by atoms with Gasteiger partial charge in [0.25, 0.3) is 0 Å². The Morgan fingerprint density at radius 1 is 1.44 bits per heavy atom. The summed E-state index contributed by atoms with van der Waals surface area (Å²) >= 11 is 0. The van der Waals surface area contributed by atoms with E-state index in [1.165, 1.54) is 0 Å². The highest BCUT2D eigenvalue weighted by Crippen LogP contribution is 2.52. The summed E-state index contributed by atoms with van der Waals surface area (Å²) in [5.41, 5.74) is 0.979. The summed E-state index contributed by atoms with van der Waals surface area (Å²) in [6.07, 6.45) is 7.41. The van der Waals surface area contributed by atoms with Crippen molar-refractivity contribution >= 4 is 17.5 Å². The van der Waals surface area contributed by atoms with E-state index in [2.05, 4.69) is 10.3 Å². The van der Waals surface area contributed by atoms with E-state index in [1.807, 2.05) is 65.9 Å². The zero-order valence-electron chi connectivity index (χ0n) is 15.3. The third-order valence-corrected chi connectivity index (χ3v) is 5.91. The van der Waals surface area contributed by atoms with Gasteiger partial charge in [-0.1, -0.05) is 18.2 Å². The van der Waals surface area contributed by atoms with E-state index in [9.17, 15) is 9.59 Å². The number of likely N-dealkylation sites (tertiary alicyclic amines) is 1. The van der Waals surface area contributed by atoms with Gasteiger partial charge in [-0.2, -0.15) is 0 Å². The lowest BCUT2D eigenvalue weighted by Gasteiger charge is -2.24. The number of aromatic nitrogens is 2. The molecule has 1 N–H and O–H groups in total. The summed E-state index contributed by atoms with van der Waals surface area (Å²) < 4.78 is 8.03. The highest BCUT2D eigenvalue weighted by atomic mass is 16.5. The first-order valence-corrected chi connectivity index (χ1v) is 9.36. The molecule has 140 valence electrons. The minimum absolute atomic E-state index is 0.0183. The average molecular weight is 366 g/mol. The molecule has 2 saturated heterocycles. The van der Waals surface area contributed by atoms with Crippen LogP contribution in [0.1, 0.15) is 19.5 Å². The maximum absolute atomic E-state index is 13.0. The quantitative estimate of drug-likeness (QED) is 0.824. The molecule has 0 aliphatic carbocycles. The van der Waals surface area contributed by atoms with Gasteiger partial charge in [0.05, 0.1) is 36.7 Å². The van der Waals surface area contributed by atoms with Crippen molar-refractivity contribution in [2.45, 2.75) is 38.1 Å². The number of imidazole rings is 1. The number of fused-ring (bicyclic) bond motifs is 2. The van der Waals surface area contributed by atoms with Crippen LogP contribution in [0.4, 0.5) is 0 Å². The summed E-state index contributed by atoms with van der Waals surface area (Å²) in [7, 11) is 0. The first kappa shape index (κ1) is 16.5. The van der Waals surface area contributed by atoms with E-state index in [4.69, 9.17) is 4.74 Å². The smallest absolute Gasteiger partial charge is 0.230 e. The highest BCUT2D eigenvalue weighted by Gasteiger charge is 2.66. The summed E-state index contributed by atoms with van der Waals surface area (Å²) in [4.78, 5) is 32.2. The van der Waals surface area contributed by atoms with Gasteiger partial charge in [0, 0.05) is 18.4 Å². The molecule has 0 radical (unpaired) electrons. The number of rotatable bonds is 4. The van der Waals surface area contributed by atoms with Gasteiger partial charge in [0.15, 0.2) is 0 Å². The maximum atomic E-state index is 13.0. The Morgan fingerprint density at radius 3 is 3.07 bits per heavy atom. The fourth-order valence-electron chi connectivity index (χ4n) is 4.63. The van der Waals surface area contributed by atoms with Crippen molar-refractivity contribution in [1.82, 2.24) is 19.6 Å². The molecule has 2 aromatic heterocycles. The SMILES string of the molecule is CC(C)N1C[C@]23C=C[C@H](O2)[C@H](C(=O)NCc2cn4ccccc4n2)[C@@H]3C1=O. The third kappa shape index (κ3) is 2.34. The van der Waals surface area contributed by atoms with Gasteiger partial charge in [0.1, 0.15) is 11.2 Å². The number of ether oxygens (including phenoxy) is 1. The van der Waals surface area contributed by atoms with Gasteiger partial charge < -0.3 is 19.4 Å². The van der Waals surface area contributed by atoms with Gasteiger partial charge in [-0.25, -0.2) is 4.98 Å². The molecule has 7 nitrogen and oxygen atoms in total. The zero-order valence-corrected chi connectivity index (χ0v) is 15.3. The van der Waals surface area contributed by atoms with E-state index >= 15 is 0 Å². The molecule has 3 aliphatic heterocycles. The van der Waals surface area contributed by atoms with Crippen LogP contribution in [0.5, 0.6) is 0 Å². The van der Waals surface area contributed by atoms with Crippen molar-refractivity contribution in [3.63, 3.8) is 0 Å². The Hall–Kier alpha value is -2.67. The van der Waals surface area contributed by atoms with Gasteiger partial charge in [-0.15, -0.1) is 0 Å². The van der Waals surface area contributed by atoms with Crippen LogP contribution in [0.15, 0.2) is 42.7 Å². The number of pyridine rings is 1. The van der Waals surface area contributed by atoms with Crippen LogP contribution in [0.25, 0.3) is 5.65 Å². The molecular formula is C20H22N4O3. The predicted octanol–water partition coefficient (Wildman–Crippen LogP) is 1.14. The van der Waals surface area contributed by atoms with Crippen LogP contribution >= 0.6 is 0 Å². The van der Waals surface area contributed by atoms with Crippen LogP contribution in [0.3, 0.4) is 0 Å². The Morgan fingerprint density at radius 2 is 2.30 bits per heavy atom. The zero-order chi connectivity index (χ0) is 18.8. The Bertz CT molecular complexity index is 932. The fourth-order valence-corrected chi connectivity index (χ4v) is 4.63. The molecule has 5 rings (SSSR count). The summed E-state index contributed by atoms with van der Waals surface area (Å²) in [6.45, 7) is 4.83. The van der Waals surface area contributed by atoms with Gasteiger partial charge in [-0.3, -0.25) is 9.59 Å². The fraction of sp³-hybridized carbons (Fsp3) is 0.450. The lowest BCUT2D eigenvalue weighted by Crippen LogP contribution is -2.44. The van der Waals surface area contributed by atoms with Gasteiger partial charge >= 0.3 is 0 Å². The number of nitrogens with zero attached hydrogens (tertiary/aromatic N) is 3. The molecular weight excluding hydrogens is 344 g/mol. The first-order chi connectivity index (χ1) is 13.0. The molecule has 27 heavy (non-hydrogen) atoms. The van der Waals surface area contributed by atoms with E-state index in [1.54, 1.807) is 0 Å². The minimum atomic E-state index is -0.642. The largest absolute Gasteiger partial charge is 0.360 e. The molecule has 1 spiro atoms. The van der Waals surface area contributed by atoms with Crippen LogP contribution in [0, 0.1) is 11.8 Å². The van der Waals surface area contributed by atoms with E-state index in [0.717, 1.165) is 11.3 Å². The highest BCUT2D eigenvalue weighted by molar-refractivity contribution is 5.93. The molecule has 2 amide bonds. The molecule has 3 aliphatic rings. The van der Waals surface area contributed by atoms with Crippen LogP contribution in [0.2, 0.25) is 0 Å². The molecule has 2 aromatic rings. The van der Waals surface area contributed by atoms with E-state index in [0.29, 0.717) is 13.1 Å². The second kappa shape index (κ2) is 5.66. The molecule has 0 saturated carbocycles. The maximum Gasteiger partial charge on any atom is 0.230 e. The van der Waals surface area contributed by atoms with E-state index < -0.39 is 17.4 Å². The van der Waals surface area contributed by atoms with Gasteiger partial charge in [-0.05, 0) is 26.0 Å². The molecule has 0 unspecified atom stereocenters. The molecule has 4 atom stereocenters. The average Bonchev–Trinajstić information content (AvgIpc) is 3.38. The molecule has 2 bridgehead atoms. The van der Waals surface area contributed by atoms with Crippen molar-refractivity contribution < 1.29 is 14.3 Å². The standard InChI is InChI=1S/C20H22N4O3/c1-12(2)24-11-20-7-6-14(27-20)16(17(20)19(24)26)18(25)21-9-13-10-23-8-4-3-5-15(23)22-13/h3-8,10,12,14,16-17H,9,11H2,1-2H3,(H,21,25)/t14-,16-,17+,20-/m0/s1.